The summed E-state index contributed by atoms with van der Waals surface area (Å²) < 4.78 is 5.20. The molecule has 1 aromatic heterocycles. The number of benzene rings is 3. The number of hydrogen-bond donors (Lipinski definition) is 2. The number of thiocarbonyl (C=S) groups is 1. The Balaban J connectivity index is 1.40. The van der Waals surface area contributed by atoms with Gasteiger partial charge in [0.15, 0.2) is 5.11 Å². The van der Waals surface area contributed by atoms with Gasteiger partial charge in [-0.3, -0.25) is 4.79 Å². The smallest absolute Gasteiger partial charge is 0.236 e. The number of thioether (sulfide) groups is 1. The maximum atomic E-state index is 12.3. The number of amides is 1. The summed E-state index contributed by atoms with van der Waals surface area (Å²) in [6, 6.07) is 18.6. The molecule has 168 valence electrons. The van der Waals surface area contributed by atoms with Crippen molar-refractivity contribution in [2.24, 2.45) is 0 Å². The lowest BCUT2D eigenvalue weighted by atomic mass is 10.2. The van der Waals surface area contributed by atoms with Crippen LogP contribution < -0.4 is 15.4 Å². The fourth-order valence-corrected chi connectivity index (χ4v) is 4.08. The molecular weight excluding hydrogens is 478 g/mol. The highest BCUT2D eigenvalue weighted by atomic mass is 35.5. The fourth-order valence-electron chi connectivity index (χ4n) is 3.03. The Kier molecular flexibility index (Phi) is 7.12. The minimum Gasteiger partial charge on any atom is -0.497 e. The van der Waals surface area contributed by atoms with Crippen LogP contribution in [0.2, 0.25) is 5.02 Å². The van der Waals surface area contributed by atoms with Crippen molar-refractivity contribution >= 4 is 63.3 Å². The first-order chi connectivity index (χ1) is 15.9. The van der Waals surface area contributed by atoms with Crippen molar-refractivity contribution in [1.82, 2.24) is 20.3 Å². The normalized spacial score (nSPS) is 10.8. The van der Waals surface area contributed by atoms with Crippen LogP contribution in [0.25, 0.3) is 16.7 Å². The zero-order chi connectivity index (χ0) is 23.4. The molecule has 4 rings (SSSR count). The van der Waals surface area contributed by atoms with E-state index >= 15 is 0 Å². The molecule has 0 atom stereocenters. The fraction of sp³-hybridized carbons (Fsp3) is 0.130. The van der Waals surface area contributed by atoms with Crippen LogP contribution in [0.5, 0.6) is 5.75 Å². The number of nitrogens with one attached hydrogen (secondary N) is 2. The first kappa shape index (κ1) is 23.0. The minimum atomic E-state index is -0.198. The Morgan fingerprint density at radius 2 is 1.76 bits per heavy atom. The molecule has 0 saturated carbocycles. The Labute approximate surface area is 205 Å². The van der Waals surface area contributed by atoms with Gasteiger partial charge in [-0.25, -0.2) is 0 Å². The molecule has 1 heterocycles. The van der Waals surface area contributed by atoms with E-state index in [1.165, 1.54) is 11.8 Å². The molecule has 7 nitrogen and oxygen atoms in total. The van der Waals surface area contributed by atoms with Crippen LogP contribution in [-0.4, -0.2) is 38.9 Å². The summed E-state index contributed by atoms with van der Waals surface area (Å²) >= 11 is 12.6. The number of fused-ring (bicyclic) bond motifs is 1. The molecule has 0 spiro atoms. The van der Waals surface area contributed by atoms with Gasteiger partial charge in [-0.1, -0.05) is 11.6 Å². The predicted octanol–water partition coefficient (Wildman–Crippen LogP) is 5.00. The van der Waals surface area contributed by atoms with Gasteiger partial charge in [0.2, 0.25) is 5.91 Å². The van der Waals surface area contributed by atoms with Crippen molar-refractivity contribution in [1.29, 1.82) is 0 Å². The molecule has 0 aliphatic carbocycles. The van der Waals surface area contributed by atoms with Crippen LogP contribution in [0.4, 0.5) is 5.69 Å². The molecule has 0 bridgehead atoms. The highest BCUT2D eigenvalue weighted by Crippen LogP contribution is 2.23. The lowest BCUT2D eigenvalue weighted by Crippen LogP contribution is -2.35. The quantitative estimate of drug-likeness (QED) is 0.286. The SMILES string of the molecule is COc1ccc(-n2nc3cc(C)c(NC(=S)NC(=O)CSc4ccc(Cl)cc4)cc3n2)cc1. The lowest BCUT2D eigenvalue weighted by molar-refractivity contribution is -0.117. The van der Waals surface area contributed by atoms with E-state index in [4.69, 9.17) is 28.6 Å². The van der Waals surface area contributed by atoms with E-state index in [0.29, 0.717) is 10.5 Å². The monoisotopic (exact) mass is 497 g/mol. The first-order valence-electron chi connectivity index (χ1n) is 9.92. The third-order valence-corrected chi connectivity index (χ3v) is 6.18. The van der Waals surface area contributed by atoms with Gasteiger partial charge in [0.05, 0.1) is 18.6 Å². The number of aromatic nitrogens is 3. The van der Waals surface area contributed by atoms with Crippen molar-refractivity contribution in [2.45, 2.75) is 11.8 Å². The van der Waals surface area contributed by atoms with E-state index in [1.807, 2.05) is 55.5 Å². The van der Waals surface area contributed by atoms with E-state index in [9.17, 15) is 4.79 Å². The van der Waals surface area contributed by atoms with Crippen LogP contribution in [-0.2, 0) is 4.79 Å². The van der Waals surface area contributed by atoms with Crippen LogP contribution in [0.1, 0.15) is 5.56 Å². The van der Waals surface area contributed by atoms with Gasteiger partial charge in [-0.05, 0) is 85.4 Å². The van der Waals surface area contributed by atoms with Gasteiger partial charge >= 0.3 is 0 Å². The topological polar surface area (TPSA) is 81.1 Å². The average molecular weight is 498 g/mol. The van der Waals surface area contributed by atoms with Gasteiger partial charge in [0, 0.05) is 15.6 Å². The first-order valence-corrected chi connectivity index (χ1v) is 11.7. The lowest BCUT2D eigenvalue weighted by Gasteiger charge is -2.11. The van der Waals surface area contributed by atoms with E-state index < -0.39 is 0 Å². The molecule has 0 unspecified atom stereocenters. The van der Waals surface area contributed by atoms with Crippen molar-refractivity contribution in [2.75, 3.05) is 18.2 Å². The highest BCUT2D eigenvalue weighted by molar-refractivity contribution is 8.00. The van der Waals surface area contributed by atoms with E-state index in [1.54, 1.807) is 24.0 Å². The number of carbonyl (C=O) groups is 1. The van der Waals surface area contributed by atoms with Crippen molar-refractivity contribution in [3.63, 3.8) is 0 Å². The highest BCUT2D eigenvalue weighted by Gasteiger charge is 2.11. The maximum Gasteiger partial charge on any atom is 0.236 e. The molecule has 2 N–H and O–H groups in total. The van der Waals surface area contributed by atoms with Crippen LogP contribution in [0.3, 0.4) is 0 Å². The van der Waals surface area contributed by atoms with Crippen molar-refractivity contribution in [3.8, 4) is 11.4 Å². The number of ether oxygens (including phenoxy) is 1. The molecular formula is C23H20ClN5O2S2. The Bertz CT molecular complexity index is 1310. The molecule has 4 aromatic rings. The summed E-state index contributed by atoms with van der Waals surface area (Å²) in [6.07, 6.45) is 0. The van der Waals surface area contributed by atoms with Crippen LogP contribution in [0.15, 0.2) is 65.6 Å². The number of halogens is 1. The second-order valence-electron chi connectivity index (χ2n) is 7.09. The zero-order valence-electron chi connectivity index (χ0n) is 17.8. The summed E-state index contributed by atoms with van der Waals surface area (Å²) in [6.45, 7) is 1.94. The molecule has 0 aliphatic rings. The number of carbonyl (C=O) groups excluding carboxylic acids is 1. The molecule has 0 radical (unpaired) electrons. The molecule has 0 fully saturated rings. The van der Waals surface area contributed by atoms with Gasteiger partial charge < -0.3 is 15.4 Å². The molecule has 0 saturated heterocycles. The van der Waals surface area contributed by atoms with E-state index in [0.717, 1.165) is 33.1 Å². The maximum absolute atomic E-state index is 12.3. The number of methoxy groups -OCH3 is 1. The van der Waals surface area contributed by atoms with Crippen molar-refractivity contribution in [3.05, 3.63) is 71.2 Å². The van der Waals surface area contributed by atoms with E-state index in [2.05, 4.69) is 20.8 Å². The van der Waals surface area contributed by atoms with Gasteiger partial charge in [-0.2, -0.15) is 4.80 Å². The average Bonchev–Trinajstić information content (AvgIpc) is 3.21. The Morgan fingerprint density at radius 3 is 2.42 bits per heavy atom. The number of aryl methyl sites for hydroxylation is 1. The van der Waals surface area contributed by atoms with Gasteiger partial charge in [0.1, 0.15) is 16.8 Å². The summed E-state index contributed by atoms with van der Waals surface area (Å²) in [5, 5.41) is 15.8. The predicted molar refractivity (Wildman–Crippen MR) is 137 cm³/mol. The third-order valence-electron chi connectivity index (χ3n) is 4.71. The number of nitrogens with zero attached hydrogens (tertiary/aromatic N) is 3. The van der Waals surface area contributed by atoms with E-state index in [-0.39, 0.29) is 16.8 Å². The van der Waals surface area contributed by atoms with Crippen LogP contribution in [0, 0.1) is 6.92 Å². The number of hydrogen-bond acceptors (Lipinski definition) is 6. The van der Waals surface area contributed by atoms with Gasteiger partial charge in [-0.15, -0.1) is 22.0 Å². The molecule has 0 aliphatic heterocycles. The third kappa shape index (κ3) is 5.81. The summed E-state index contributed by atoms with van der Waals surface area (Å²) in [4.78, 5) is 14.8. The summed E-state index contributed by atoms with van der Waals surface area (Å²) in [5.74, 6) is 0.800. The Morgan fingerprint density at radius 1 is 1.09 bits per heavy atom. The molecule has 1 amide bonds. The minimum absolute atomic E-state index is 0.198. The number of rotatable bonds is 6. The second kappa shape index (κ2) is 10.2. The molecule has 33 heavy (non-hydrogen) atoms. The summed E-state index contributed by atoms with van der Waals surface area (Å²) in [5.41, 5.74) is 3.95. The zero-order valence-corrected chi connectivity index (χ0v) is 20.2. The molecule has 3 aromatic carbocycles. The molecule has 10 heteroatoms. The van der Waals surface area contributed by atoms with Crippen LogP contribution >= 0.6 is 35.6 Å². The second-order valence-corrected chi connectivity index (χ2v) is 8.98. The summed E-state index contributed by atoms with van der Waals surface area (Å²) in [7, 11) is 1.62. The van der Waals surface area contributed by atoms with Crippen molar-refractivity contribution < 1.29 is 9.53 Å². The largest absolute Gasteiger partial charge is 0.497 e. The van der Waals surface area contributed by atoms with Gasteiger partial charge in [0.25, 0.3) is 0 Å². The Hall–Kier alpha value is -3.14. The number of anilines is 1. The standard InChI is InChI=1S/C23H20ClN5O2S2/c1-14-11-20-21(28-29(27-20)16-5-7-17(31-2)8-6-16)12-19(14)25-23(32)26-22(30)13-33-18-9-3-15(24)4-10-18/h3-12H,13H2,1-2H3,(H2,25,26,30,32).